The second-order valence-corrected chi connectivity index (χ2v) is 6.54. The van der Waals surface area contributed by atoms with Crippen LogP contribution in [-0.2, 0) is 0 Å². The topological polar surface area (TPSA) is 24.1 Å². The summed E-state index contributed by atoms with van der Waals surface area (Å²) in [6.07, 6.45) is 1.97. The zero-order valence-electron chi connectivity index (χ0n) is 12.2. The van der Waals surface area contributed by atoms with Gasteiger partial charge in [-0.3, -0.25) is 0 Å². The van der Waals surface area contributed by atoms with Crippen LogP contribution in [0.15, 0.2) is 24.3 Å². The van der Waals surface area contributed by atoms with Crippen LogP contribution in [0.2, 0.25) is 0 Å². The third-order valence-corrected chi connectivity index (χ3v) is 4.53. The Morgan fingerprint density at radius 2 is 1.70 bits per heavy atom. The van der Waals surface area contributed by atoms with Gasteiger partial charge in [0.25, 0.3) is 0 Å². The molecule has 0 amide bonds. The molecule has 1 saturated carbocycles. The van der Waals surface area contributed by atoms with Crippen LogP contribution in [-0.4, -0.2) is 5.25 Å². The third-order valence-electron chi connectivity index (χ3n) is 3.41. The number of benzene rings is 2. The lowest BCUT2D eigenvalue weighted by molar-refractivity contribution is 0.499. The van der Waals surface area contributed by atoms with Crippen molar-refractivity contribution in [2.24, 2.45) is 0 Å². The molecule has 0 aromatic heterocycles. The lowest BCUT2D eigenvalue weighted by atomic mass is 10.2. The van der Waals surface area contributed by atoms with E-state index in [1.807, 2.05) is 0 Å². The maximum Gasteiger partial charge on any atom is 0.184 e. The van der Waals surface area contributed by atoms with Crippen LogP contribution < -0.4 is 10.0 Å². The van der Waals surface area contributed by atoms with Crippen molar-refractivity contribution in [1.82, 2.24) is 0 Å². The van der Waals surface area contributed by atoms with Gasteiger partial charge in [-0.05, 0) is 49.4 Å². The molecule has 0 aliphatic heterocycles. The fraction of sp³-hybridized carbons (Fsp3) is 0.250. The molecule has 1 aliphatic rings. The number of anilines is 3. The predicted molar refractivity (Wildman–Crippen MR) is 85.0 cm³/mol. The van der Waals surface area contributed by atoms with Gasteiger partial charge in [-0.15, -0.1) is 0 Å². The van der Waals surface area contributed by atoms with Crippen molar-refractivity contribution in [2.45, 2.75) is 25.0 Å². The molecule has 3 rings (SSSR count). The summed E-state index contributed by atoms with van der Waals surface area (Å²) in [7, 11) is 0. The van der Waals surface area contributed by atoms with E-state index in [-0.39, 0.29) is 11.4 Å². The first-order valence-corrected chi connectivity index (χ1v) is 7.96. The first-order valence-electron chi connectivity index (χ1n) is 7.08. The van der Waals surface area contributed by atoms with E-state index in [9.17, 15) is 17.6 Å². The summed E-state index contributed by atoms with van der Waals surface area (Å²) in [5.41, 5.74) is -0.0419. The molecule has 0 radical (unpaired) electrons. The molecule has 1 fully saturated rings. The van der Waals surface area contributed by atoms with Crippen LogP contribution in [0.1, 0.15) is 18.4 Å². The number of aryl methyl sites for hydroxylation is 1. The zero-order chi connectivity index (χ0) is 16.6. The molecule has 0 bridgehead atoms. The molecule has 0 saturated heterocycles. The number of halogens is 4. The minimum absolute atomic E-state index is 0.0565. The normalized spacial score (nSPS) is 14.0. The minimum atomic E-state index is -1.33. The van der Waals surface area contributed by atoms with Crippen molar-refractivity contribution in [2.75, 3.05) is 10.0 Å². The fourth-order valence-corrected chi connectivity index (χ4v) is 2.85. The van der Waals surface area contributed by atoms with Gasteiger partial charge in [-0.25, -0.2) is 17.6 Å². The van der Waals surface area contributed by atoms with Gasteiger partial charge < -0.3 is 10.0 Å². The van der Waals surface area contributed by atoms with E-state index in [0.29, 0.717) is 16.9 Å². The highest BCUT2D eigenvalue weighted by Crippen LogP contribution is 2.39. The van der Waals surface area contributed by atoms with Crippen molar-refractivity contribution < 1.29 is 17.6 Å². The van der Waals surface area contributed by atoms with Crippen LogP contribution in [0.4, 0.5) is 34.6 Å². The van der Waals surface area contributed by atoms with Crippen molar-refractivity contribution in [1.29, 1.82) is 0 Å². The number of hydrogen-bond donors (Lipinski definition) is 2. The Morgan fingerprint density at radius 3 is 2.35 bits per heavy atom. The van der Waals surface area contributed by atoms with E-state index in [0.717, 1.165) is 12.8 Å². The quantitative estimate of drug-likeness (QED) is 0.425. The SMILES string of the molecule is Cc1ccc(Nc2c(F)c(F)cc(F)c2NSC2CC2)c(F)c1. The lowest BCUT2D eigenvalue weighted by Crippen LogP contribution is -2.05. The number of nitrogens with one attached hydrogen (secondary N) is 2. The smallest absolute Gasteiger partial charge is 0.184 e. The number of rotatable bonds is 5. The van der Waals surface area contributed by atoms with Crippen LogP contribution in [0.3, 0.4) is 0 Å². The monoisotopic (exact) mass is 342 g/mol. The lowest BCUT2D eigenvalue weighted by Gasteiger charge is -2.16. The fourth-order valence-electron chi connectivity index (χ4n) is 2.00. The molecule has 0 spiro atoms. The Labute approximate surface area is 135 Å². The van der Waals surface area contributed by atoms with E-state index >= 15 is 0 Å². The molecule has 2 aromatic carbocycles. The molecule has 23 heavy (non-hydrogen) atoms. The van der Waals surface area contributed by atoms with E-state index in [4.69, 9.17) is 0 Å². The Hall–Kier alpha value is -1.89. The molecule has 0 unspecified atom stereocenters. The first kappa shape index (κ1) is 16.0. The van der Waals surface area contributed by atoms with Gasteiger partial charge in [-0.1, -0.05) is 6.07 Å². The Bertz CT molecular complexity index is 747. The highest BCUT2D eigenvalue weighted by atomic mass is 32.2. The summed E-state index contributed by atoms with van der Waals surface area (Å²) < 4.78 is 58.3. The molecule has 1 aliphatic carbocycles. The van der Waals surface area contributed by atoms with Gasteiger partial charge in [0.1, 0.15) is 17.2 Å². The Kier molecular flexibility index (Phi) is 4.39. The third kappa shape index (κ3) is 3.55. The van der Waals surface area contributed by atoms with Gasteiger partial charge >= 0.3 is 0 Å². The second-order valence-electron chi connectivity index (χ2n) is 5.43. The minimum Gasteiger partial charge on any atom is -0.349 e. The molecule has 122 valence electrons. The Morgan fingerprint density at radius 1 is 0.957 bits per heavy atom. The van der Waals surface area contributed by atoms with Crippen LogP contribution in [0.25, 0.3) is 0 Å². The standard InChI is InChI=1S/C16H14F4N2S/c1-8-2-5-13(10(17)6-8)21-16-14(20)11(18)7-12(19)15(16)22-23-9-3-4-9/h2,5-7,9,21-22H,3-4H2,1H3. The molecule has 2 aromatic rings. The molecular weight excluding hydrogens is 328 g/mol. The van der Waals surface area contributed by atoms with Gasteiger partial charge in [-0.2, -0.15) is 0 Å². The maximum atomic E-state index is 14.1. The van der Waals surface area contributed by atoms with Gasteiger partial charge in [0.2, 0.25) is 0 Å². The summed E-state index contributed by atoms with van der Waals surface area (Å²) in [5, 5.41) is 2.78. The molecule has 2 N–H and O–H groups in total. The summed E-state index contributed by atoms with van der Waals surface area (Å²) >= 11 is 1.24. The summed E-state index contributed by atoms with van der Waals surface area (Å²) in [6, 6.07) is 4.74. The van der Waals surface area contributed by atoms with Gasteiger partial charge in [0.05, 0.1) is 5.69 Å². The highest BCUT2D eigenvalue weighted by Gasteiger charge is 2.25. The van der Waals surface area contributed by atoms with Crippen molar-refractivity contribution in [3.8, 4) is 0 Å². The van der Waals surface area contributed by atoms with Gasteiger partial charge in [0.15, 0.2) is 17.5 Å². The van der Waals surface area contributed by atoms with E-state index in [1.165, 1.54) is 24.1 Å². The molecule has 0 atom stereocenters. The molecule has 0 heterocycles. The van der Waals surface area contributed by atoms with E-state index in [1.54, 1.807) is 13.0 Å². The number of hydrogen-bond acceptors (Lipinski definition) is 3. The first-order chi connectivity index (χ1) is 11.0. The summed E-state index contributed by atoms with van der Waals surface area (Å²) in [6.45, 7) is 1.70. The largest absolute Gasteiger partial charge is 0.349 e. The summed E-state index contributed by atoms with van der Waals surface area (Å²) in [4.78, 5) is 0. The van der Waals surface area contributed by atoms with Crippen molar-refractivity contribution in [3.05, 3.63) is 53.1 Å². The van der Waals surface area contributed by atoms with Crippen molar-refractivity contribution >= 4 is 29.0 Å². The maximum absolute atomic E-state index is 14.1. The molecule has 2 nitrogen and oxygen atoms in total. The summed E-state index contributed by atoms with van der Waals surface area (Å²) in [5.74, 6) is -4.16. The second kappa shape index (κ2) is 6.31. The van der Waals surface area contributed by atoms with E-state index < -0.39 is 29.0 Å². The van der Waals surface area contributed by atoms with Crippen LogP contribution in [0, 0.1) is 30.2 Å². The Balaban J connectivity index is 1.97. The molecular formula is C16H14F4N2S. The van der Waals surface area contributed by atoms with Crippen molar-refractivity contribution in [3.63, 3.8) is 0 Å². The average Bonchev–Trinajstić information content (AvgIpc) is 3.30. The molecule has 7 heteroatoms. The van der Waals surface area contributed by atoms with E-state index in [2.05, 4.69) is 10.0 Å². The zero-order valence-corrected chi connectivity index (χ0v) is 13.0. The van der Waals surface area contributed by atoms with Crippen LogP contribution in [0.5, 0.6) is 0 Å². The van der Waals surface area contributed by atoms with Crippen LogP contribution >= 0.6 is 11.9 Å². The van der Waals surface area contributed by atoms with Gasteiger partial charge in [0, 0.05) is 11.3 Å². The average molecular weight is 342 g/mol. The highest BCUT2D eigenvalue weighted by molar-refractivity contribution is 8.01. The predicted octanol–water partition coefficient (Wildman–Crippen LogP) is 5.52.